The fourth-order valence-electron chi connectivity index (χ4n) is 2.98. The summed E-state index contributed by atoms with van der Waals surface area (Å²) in [6.45, 7) is 6.22. The summed E-state index contributed by atoms with van der Waals surface area (Å²) in [6.07, 6.45) is 0. The van der Waals surface area contributed by atoms with Crippen LogP contribution in [-0.4, -0.2) is 13.1 Å². The van der Waals surface area contributed by atoms with E-state index in [1.165, 1.54) is 12.7 Å². The van der Waals surface area contributed by atoms with Crippen LogP contribution in [0.15, 0.2) is 29.8 Å². The molecule has 1 aromatic rings. The number of ether oxygens (including phenoxy) is 1. The van der Waals surface area contributed by atoms with Gasteiger partial charge >= 0.3 is 5.97 Å². The van der Waals surface area contributed by atoms with Crippen molar-refractivity contribution in [3.63, 3.8) is 0 Å². The molecule has 2 unspecified atom stereocenters. The first-order valence-corrected chi connectivity index (χ1v) is 6.83. The minimum atomic E-state index is -0.153. The topological polar surface area (TPSA) is 26.3 Å². The van der Waals surface area contributed by atoms with Crippen molar-refractivity contribution in [1.82, 2.24) is 0 Å². The number of benzene rings is 1. The lowest BCUT2D eigenvalue weighted by Gasteiger charge is -2.11. The SMILES string of the molecule is COC(=O)C1C(C(=CCl)c2ccccc2C)C1(C)C. The largest absolute Gasteiger partial charge is 0.469 e. The average Bonchev–Trinajstić information content (AvgIpc) is 2.94. The number of rotatable bonds is 3. The standard InChI is InChI=1S/C16H19ClO2/c1-10-7-5-6-8-11(10)12(9-17)13-14(15(18)19-4)16(13,2)3/h5-9,13-14H,1-4H3. The molecule has 19 heavy (non-hydrogen) atoms. The van der Waals surface area contributed by atoms with Crippen LogP contribution >= 0.6 is 11.6 Å². The Morgan fingerprint density at radius 2 is 1.95 bits per heavy atom. The molecule has 0 aromatic heterocycles. The number of hydrogen-bond acceptors (Lipinski definition) is 2. The summed E-state index contributed by atoms with van der Waals surface area (Å²) in [6, 6.07) is 8.09. The molecule has 1 fully saturated rings. The summed E-state index contributed by atoms with van der Waals surface area (Å²) >= 11 is 6.04. The van der Waals surface area contributed by atoms with Crippen molar-refractivity contribution in [3.8, 4) is 0 Å². The van der Waals surface area contributed by atoms with Crippen LogP contribution < -0.4 is 0 Å². The van der Waals surface area contributed by atoms with Gasteiger partial charge in [0.15, 0.2) is 0 Å². The van der Waals surface area contributed by atoms with E-state index in [1.54, 1.807) is 5.54 Å². The Labute approximate surface area is 119 Å². The van der Waals surface area contributed by atoms with E-state index < -0.39 is 0 Å². The maximum Gasteiger partial charge on any atom is 0.309 e. The zero-order valence-corrected chi connectivity index (χ0v) is 12.5. The number of hydrogen-bond donors (Lipinski definition) is 0. The predicted molar refractivity (Wildman–Crippen MR) is 77.8 cm³/mol. The normalized spacial score (nSPS) is 25.0. The Morgan fingerprint density at radius 1 is 1.32 bits per heavy atom. The molecule has 1 aliphatic rings. The smallest absolute Gasteiger partial charge is 0.309 e. The molecule has 0 aliphatic heterocycles. The molecule has 2 rings (SSSR count). The first-order valence-electron chi connectivity index (χ1n) is 6.39. The molecule has 102 valence electrons. The highest BCUT2D eigenvalue weighted by molar-refractivity contribution is 6.28. The Morgan fingerprint density at radius 3 is 2.47 bits per heavy atom. The van der Waals surface area contributed by atoms with Gasteiger partial charge < -0.3 is 4.74 Å². The van der Waals surface area contributed by atoms with Crippen LogP contribution in [0.5, 0.6) is 0 Å². The summed E-state index contributed by atoms with van der Waals surface area (Å²) in [5.74, 6) is -0.139. The van der Waals surface area contributed by atoms with E-state index in [0.29, 0.717) is 0 Å². The van der Waals surface area contributed by atoms with E-state index >= 15 is 0 Å². The lowest BCUT2D eigenvalue weighted by molar-refractivity contribution is -0.143. The summed E-state index contributed by atoms with van der Waals surface area (Å²) in [4.78, 5) is 11.8. The lowest BCUT2D eigenvalue weighted by Crippen LogP contribution is -2.07. The van der Waals surface area contributed by atoms with Crippen LogP contribution in [0.1, 0.15) is 25.0 Å². The molecule has 0 amide bonds. The minimum Gasteiger partial charge on any atom is -0.469 e. The van der Waals surface area contributed by atoms with E-state index in [1.807, 2.05) is 18.2 Å². The van der Waals surface area contributed by atoms with Crippen LogP contribution in [0.4, 0.5) is 0 Å². The molecular formula is C16H19ClO2. The minimum absolute atomic E-state index is 0.101. The quantitative estimate of drug-likeness (QED) is 0.781. The van der Waals surface area contributed by atoms with Gasteiger partial charge in [0.2, 0.25) is 0 Å². The highest BCUT2D eigenvalue weighted by atomic mass is 35.5. The number of carbonyl (C=O) groups is 1. The van der Waals surface area contributed by atoms with Gasteiger partial charge in [0.05, 0.1) is 13.0 Å². The van der Waals surface area contributed by atoms with Crippen LogP contribution in [-0.2, 0) is 9.53 Å². The molecular weight excluding hydrogens is 260 g/mol. The van der Waals surface area contributed by atoms with Gasteiger partial charge in [-0.2, -0.15) is 0 Å². The van der Waals surface area contributed by atoms with Crippen LogP contribution in [0.3, 0.4) is 0 Å². The number of methoxy groups -OCH3 is 1. The third-order valence-corrected chi connectivity index (χ3v) is 4.43. The second kappa shape index (κ2) is 5.01. The first kappa shape index (κ1) is 14.1. The molecule has 2 atom stereocenters. The van der Waals surface area contributed by atoms with Crippen LogP contribution in [0.25, 0.3) is 5.57 Å². The lowest BCUT2D eigenvalue weighted by atomic mass is 9.94. The Hall–Kier alpha value is -1.28. The molecule has 3 heteroatoms. The maximum absolute atomic E-state index is 11.8. The molecule has 1 saturated carbocycles. The van der Waals surface area contributed by atoms with Crippen molar-refractivity contribution in [1.29, 1.82) is 0 Å². The van der Waals surface area contributed by atoms with Crippen LogP contribution in [0.2, 0.25) is 0 Å². The molecule has 2 nitrogen and oxygen atoms in total. The third-order valence-electron chi connectivity index (χ3n) is 4.19. The molecule has 0 spiro atoms. The van der Waals surface area contributed by atoms with Crippen molar-refractivity contribution < 1.29 is 9.53 Å². The Balaban J connectivity index is 2.36. The molecule has 0 saturated heterocycles. The van der Waals surface area contributed by atoms with Crippen molar-refractivity contribution in [3.05, 3.63) is 40.9 Å². The van der Waals surface area contributed by atoms with Gasteiger partial charge in [-0.3, -0.25) is 4.79 Å². The molecule has 1 aliphatic carbocycles. The highest BCUT2D eigenvalue weighted by Gasteiger charge is 2.64. The number of aryl methyl sites for hydroxylation is 1. The van der Waals surface area contributed by atoms with Crippen LogP contribution in [0, 0.1) is 24.2 Å². The summed E-state index contributed by atoms with van der Waals surface area (Å²) < 4.78 is 4.89. The second-order valence-corrected chi connectivity index (χ2v) is 5.90. The molecule has 1 aromatic carbocycles. The van der Waals surface area contributed by atoms with Gasteiger partial charge in [-0.1, -0.05) is 49.7 Å². The third kappa shape index (κ3) is 2.30. The molecule has 0 N–H and O–H groups in total. The average molecular weight is 279 g/mol. The number of halogens is 1. The van der Waals surface area contributed by atoms with Gasteiger partial charge in [-0.15, -0.1) is 0 Å². The summed E-state index contributed by atoms with van der Waals surface area (Å²) in [7, 11) is 1.44. The maximum atomic E-state index is 11.8. The van der Waals surface area contributed by atoms with E-state index in [0.717, 1.165) is 11.1 Å². The molecule has 0 radical (unpaired) electrons. The van der Waals surface area contributed by atoms with Crippen molar-refractivity contribution in [2.75, 3.05) is 7.11 Å². The summed E-state index contributed by atoms with van der Waals surface area (Å²) in [5, 5.41) is 0. The first-order chi connectivity index (χ1) is 8.95. The van der Waals surface area contributed by atoms with Gasteiger partial charge in [0.25, 0.3) is 0 Å². The second-order valence-electron chi connectivity index (χ2n) is 5.68. The van der Waals surface area contributed by atoms with E-state index in [-0.39, 0.29) is 23.2 Å². The van der Waals surface area contributed by atoms with Gasteiger partial charge in [0, 0.05) is 11.5 Å². The number of carbonyl (C=O) groups excluding carboxylic acids is 1. The Kier molecular flexibility index (Phi) is 3.73. The van der Waals surface area contributed by atoms with E-state index in [4.69, 9.17) is 16.3 Å². The summed E-state index contributed by atoms with van der Waals surface area (Å²) in [5.41, 5.74) is 4.82. The number of esters is 1. The monoisotopic (exact) mass is 278 g/mol. The Bertz CT molecular complexity index is 531. The van der Waals surface area contributed by atoms with Gasteiger partial charge in [-0.25, -0.2) is 0 Å². The molecule has 0 bridgehead atoms. The predicted octanol–water partition coefficient (Wildman–Crippen LogP) is 4.02. The fourth-order valence-corrected chi connectivity index (χ4v) is 3.23. The van der Waals surface area contributed by atoms with Gasteiger partial charge in [0.1, 0.15) is 0 Å². The van der Waals surface area contributed by atoms with E-state index in [2.05, 4.69) is 26.8 Å². The number of allylic oxidation sites excluding steroid dienone is 1. The highest BCUT2D eigenvalue weighted by Crippen LogP contribution is 2.64. The van der Waals surface area contributed by atoms with Crippen molar-refractivity contribution >= 4 is 23.1 Å². The molecule has 0 heterocycles. The van der Waals surface area contributed by atoms with Crippen molar-refractivity contribution in [2.45, 2.75) is 20.8 Å². The van der Waals surface area contributed by atoms with Crippen molar-refractivity contribution in [2.24, 2.45) is 17.3 Å². The van der Waals surface area contributed by atoms with E-state index in [9.17, 15) is 4.79 Å². The zero-order chi connectivity index (χ0) is 14.2. The fraction of sp³-hybridized carbons (Fsp3) is 0.438. The zero-order valence-electron chi connectivity index (χ0n) is 11.7. The van der Waals surface area contributed by atoms with Gasteiger partial charge in [-0.05, 0) is 29.0 Å².